The summed E-state index contributed by atoms with van der Waals surface area (Å²) in [5.74, 6) is -50.5. The van der Waals surface area contributed by atoms with Crippen molar-refractivity contribution in [3.05, 3.63) is 0 Å². The minimum absolute atomic E-state index is 0.0532. The molecule has 0 aromatic carbocycles. The fraction of sp³-hybridized carbons (Fsp3) is 1.00. The molecule has 0 saturated heterocycles. The van der Waals surface area contributed by atoms with Crippen molar-refractivity contribution in [1.82, 2.24) is 0 Å². The molecule has 0 rings (SSSR count). The van der Waals surface area contributed by atoms with Gasteiger partial charge in [0.25, 0.3) is 0 Å². The van der Waals surface area contributed by atoms with E-state index in [1.807, 2.05) is 6.92 Å². The number of ether oxygens (including phenoxy) is 3. The van der Waals surface area contributed by atoms with Crippen LogP contribution in [0.2, 0.25) is 0 Å². The van der Waals surface area contributed by atoms with Gasteiger partial charge in [-0.1, -0.05) is 13.3 Å². The summed E-state index contributed by atoms with van der Waals surface area (Å²) in [6.07, 6.45) is -21.2. The Kier molecular flexibility index (Phi) is 13.4. The Balaban J connectivity index is 5.84. The molecule has 1 N–H and O–H groups in total. The summed E-state index contributed by atoms with van der Waals surface area (Å²) in [4.78, 5) is 0. The van der Waals surface area contributed by atoms with E-state index in [9.17, 15) is 88.5 Å². The molecule has 0 aromatic rings. The van der Waals surface area contributed by atoms with Gasteiger partial charge in [-0.05, 0) is 6.42 Å². The maximum atomic E-state index is 13.9. The molecule has 1 atom stereocenters. The van der Waals surface area contributed by atoms with E-state index in [1.165, 1.54) is 0 Å². The molecule has 0 bridgehead atoms. The van der Waals surface area contributed by atoms with Gasteiger partial charge in [0.05, 0.1) is 39.1 Å². The van der Waals surface area contributed by atoms with Crippen LogP contribution in [-0.4, -0.2) is 104 Å². The van der Waals surface area contributed by atoms with Crippen molar-refractivity contribution in [2.75, 3.05) is 39.6 Å². The Bertz CT molecular complexity index is 842. The zero-order valence-electron chi connectivity index (χ0n) is 21.3. The van der Waals surface area contributed by atoms with Gasteiger partial charge in [-0.3, -0.25) is 0 Å². The predicted molar refractivity (Wildman–Crippen MR) is 104 cm³/mol. The smallest absolute Gasteiger partial charge is 0.390 e. The molecule has 43 heavy (non-hydrogen) atoms. The maximum Gasteiger partial charge on any atom is 0.438 e. The second-order valence-electron chi connectivity index (χ2n) is 8.74. The van der Waals surface area contributed by atoms with E-state index in [4.69, 9.17) is 9.47 Å². The van der Waals surface area contributed by atoms with Crippen LogP contribution in [0.5, 0.6) is 0 Å². The second kappa shape index (κ2) is 13.9. The number of unbranched alkanes of at least 4 members (excludes halogenated alkanes) is 1. The zero-order chi connectivity index (χ0) is 34.6. The van der Waals surface area contributed by atoms with Crippen LogP contribution in [-0.2, 0) is 14.2 Å². The molecule has 0 aromatic heterocycles. The van der Waals surface area contributed by atoms with Crippen molar-refractivity contribution in [3.63, 3.8) is 0 Å². The third-order valence-corrected chi connectivity index (χ3v) is 5.44. The molecule has 1 unspecified atom stereocenters. The summed E-state index contributed by atoms with van der Waals surface area (Å²) in [7, 11) is 0. The van der Waals surface area contributed by atoms with Gasteiger partial charge in [0.2, 0.25) is 0 Å². The van der Waals surface area contributed by atoms with Gasteiger partial charge < -0.3 is 19.3 Å². The lowest BCUT2D eigenvalue weighted by Crippen LogP contribution is -2.77. The highest BCUT2D eigenvalue weighted by Crippen LogP contribution is 2.66. The van der Waals surface area contributed by atoms with Crippen molar-refractivity contribution >= 4 is 0 Å². The van der Waals surface area contributed by atoms with Crippen LogP contribution < -0.4 is 0 Å². The van der Waals surface area contributed by atoms with Gasteiger partial charge in [-0.25, -0.2) is 4.39 Å². The molecule has 0 spiro atoms. The maximum absolute atomic E-state index is 13.9. The predicted octanol–water partition coefficient (Wildman–Crippen LogP) is 7.23. The SMILES string of the molecule is CCCCOCCOCCOCC(O)CC(F)(F)C(F)(F)C(F)(F)C(F)(F)C(F)(F)C(F)(F)C(F)(C(F)(F)F)C(F)(F)F. The Hall–Kier alpha value is -1.49. The zero-order valence-corrected chi connectivity index (χ0v) is 21.3. The molecule has 4 nitrogen and oxygen atoms in total. The lowest BCUT2D eigenvalue weighted by molar-refractivity contribution is -0.472. The minimum atomic E-state index is -9.08. The molecular weight excluding hydrogens is 665 g/mol. The van der Waals surface area contributed by atoms with Crippen LogP contribution >= 0.6 is 0 Å². The van der Waals surface area contributed by atoms with Gasteiger partial charge >= 0.3 is 53.6 Å². The summed E-state index contributed by atoms with van der Waals surface area (Å²) < 4.78 is 268. The van der Waals surface area contributed by atoms with Crippen LogP contribution in [0.3, 0.4) is 0 Å². The van der Waals surface area contributed by atoms with Crippen molar-refractivity contribution in [2.24, 2.45) is 0 Å². The number of hydrogen-bond acceptors (Lipinski definition) is 4. The quantitative estimate of drug-likeness (QED) is 0.115. The monoisotopic (exact) mass is 688 g/mol. The Morgan fingerprint density at radius 3 is 1.23 bits per heavy atom. The van der Waals surface area contributed by atoms with Crippen LogP contribution in [0, 0.1) is 0 Å². The number of alkyl halides is 19. The molecule has 0 aliphatic rings. The number of hydrogen-bond donors (Lipinski definition) is 1. The van der Waals surface area contributed by atoms with E-state index < -0.39 is 79.3 Å². The normalized spacial score (nSPS) is 16.1. The first-order valence-corrected chi connectivity index (χ1v) is 11.5. The fourth-order valence-electron chi connectivity index (χ4n) is 2.94. The van der Waals surface area contributed by atoms with E-state index in [0.29, 0.717) is 6.61 Å². The highest BCUT2D eigenvalue weighted by molar-refractivity contribution is 5.19. The van der Waals surface area contributed by atoms with Gasteiger partial charge in [-0.2, -0.15) is 79.0 Å². The molecule has 0 saturated carbocycles. The van der Waals surface area contributed by atoms with E-state index in [1.54, 1.807) is 0 Å². The first-order valence-electron chi connectivity index (χ1n) is 11.5. The summed E-state index contributed by atoms with van der Waals surface area (Å²) >= 11 is 0. The molecule has 0 aliphatic heterocycles. The molecule has 0 radical (unpaired) electrons. The minimum Gasteiger partial charge on any atom is -0.390 e. The third-order valence-electron chi connectivity index (χ3n) is 5.44. The van der Waals surface area contributed by atoms with Crippen molar-refractivity contribution in [2.45, 2.75) is 85.8 Å². The third kappa shape index (κ3) is 7.85. The van der Waals surface area contributed by atoms with E-state index in [-0.39, 0.29) is 19.8 Å². The summed E-state index contributed by atoms with van der Waals surface area (Å²) in [5, 5.41) is 9.32. The molecule has 0 aliphatic carbocycles. The fourth-order valence-corrected chi connectivity index (χ4v) is 2.94. The van der Waals surface area contributed by atoms with Gasteiger partial charge in [0, 0.05) is 13.0 Å². The Morgan fingerprint density at radius 2 is 0.837 bits per heavy atom. The lowest BCUT2D eigenvalue weighted by atomic mass is 9.83. The van der Waals surface area contributed by atoms with Crippen LogP contribution in [0.1, 0.15) is 26.2 Å². The number of aliphatic hydroxyl groups excluding tert-OH is 1. The Morgan fingerprint density at radius 1 is 0.488 bits per heavy atom. The first-order chi connectivity index (χ1) is 19.0. The van der Waals surface area contributed by atoms with Crippen LogP contribution in [0.4, 0.5) is 83.4 Å². The topological polar surface area (TPSA) is 47.9 Å². The van der Waals surface area contributed by atoms with Gasteiger partial charge in [0.15, 0.2) is 0 Å². The Labute approximate surface area is 229 Å². The number of aliphatic hydroxyl groups is 1. The highest BCUT2D eigenvalue weighted by atomic mass is 19.4. The molecule has 0 fully saturated rings. The standard InChI is InChI=1S/C20H23F19O4/c1-2-3-4-41-5-6-42-7-8-43-10-11(40)9-12(21,22)14(24,25)16(28,29)18(32,33)17(30,31)15(26,27)13(23,19(34,35)36)20(37,38)39/h11,40H,2-10H2,1H3. The summed E-state index contributed by atoms with van der Waals surface area (Å²) in [6.45, 7) is -0.217. The largest absolute Gasteiger partial charge is 0.438 e. The van der Waals surface area contributed by atoms with Crippen molar-refractivity contribution in [1.29, 1.82) is 0 Å². The van der Waals surface area contributed by atoms with Crippen molar-refractivity contribution in [3.8, 4) is 0 Å². The average molecular weight is 688 g/mol. The molecule has 0 heterocycles. The molecule has 260 valence electrons. The van der Waals surface area contributed by atoms with Crippen LogP contribution in [0.15, 0.2) is 0 Å². The molecular formula is C20H23F19O4. The molecule has 0 amide bonds. The average Bonchev–Trinajstić information content (AvgIpc) is 2.82. The number of halogens is 19. The van der Waals surface area contributed by atoms with Gasteiger partial charge in [-0.15, -0.1) is 0 Å². The van der Waals surface area contributed by atoms with E-state index in [2.05, 4.69) is 4.74 Å². The van der Waals surface area contributed by atoms with Crippen molar-refractivity contribution < 1.29 is 103 Å². The lowest BCUT2D eigenvalue weighted by Gasteiger charge is -2.45. The number of rotatable bonds is 19. The van der Waals surface area contributed by atoms with E-state index >= 15 is 0 Å². The second-order valence-corrected chi connectivity index (χ2v) is 8.74. The van der Waals surface area contributed by atoms with Crippen LogP contribution in [0.25, 0.3) is 0 Å². The molecule has 23 heteroatoms. The first kappa shape index (κ1) is 41.5. The summed E-state index contributed by atoms with van der Waals surface area (Å²) in [6, 6.07) is 0. The van der Waals surface area contributed by atoms with Gasteiger partial charge in [0.1, 0.15) is 0 Å². The summed E-state index contributed by atoms with van der Waals surface area (Å²) in [5.41, 5.74) is -8.78. The van der Waals surface area contributed by atoms with E-state index in [0.717, 1.165) is 12.8 Å². The highest BCUT2D eigenvalue weighted by Gasteiger charge is 2.98.